The second kappa shape index (κ2) is 5.27. The first-order chi connectivity index (χ1) is 10.5. The van der Waals surface area contributed by atoms with Crippen LogP contribution in [0.5, 0.6) is 0 Å². The number of nitrogens with one attached hydrogen (secondary N) is 1. The van der Waals surface area contributed by atoms with Gasteiger partial charge in [-0.15, -0.1) is 0 Å². The van der Waals surface area contributed by atoms with E-state index in [1.165, 1.54) is 0 Å². The van der Waals surface area contributed by atoms with Crippen molar-refractivity contribution in [2.75, 3.05) is 5.01 Å². The molecular formula is C17H17N3O2. The highest BCUT2D eigenvalue weighted by Gasteiger charge is 2.42. The number of rotatable bonds is 3. The maximum absolute atomic E-state index is 11.6. The number of carboxylic acids is 1. The van der Waals surface area contributed by atoms with Crippen molar-refractivity contribution in [1.82, 2.24) is 5.43 Å². The maximum Gasteiger partial charge on any atom is 0.348 e. The third-order valence-electron chi connectivity index (χ3n) is 3.68. The Bertz CT molecular complexity index is 743. The Balaban J connectivity index is 2.12. The van der Waals surface area contributed by atoms with Crippen LogP contribution in [0.2, 0.25) is 0 Å². The molecule has 1 heterocycles. The van der Waals surface area contributed by atoms with Crippen molar-refractivity contribution < 1.29 is 9.90 Å². The lowest BCUT2D eigenvalue weighted by atomic mass is 10.1. The minimum atomic E-state index is -1.38. The molecule has 5 nitrogen and oxygen atoms in total. The largest absolute Gasteiger partial charge is 0.478 e. The molecule has 1 atom stereocenters. The van der Waals surface area contributed by atoms with E-state index in [1.807, 2.05) is 61.5 Å². The van der Waals surface area contributed by atoms with Gasteiger partial charge in [0.15, 0.2) is 5.84 Å². The van der Waals surface area contributed by atoms with E-state index in [-0.39, 0.29) is 0 Å². The molecule has 1 unspecified atom stereocenters. The molecule has 0 radical (unpaired) electrons. The number of amidine groups is 1. The summed E-state index contributed by atoms with van der Waals surface area (Å²) >= 11 is 0. The predicted octanol–water partition coefficient (Wildman–Crippen LogP) is 2.57. The van der Waals surface area contributed by atoms with E-state index in [1.54, 1.807) is 11.9 Å². The number of nitrogens with zero attached hydrogens (tertiary/aromatic N) is 2. The average molecular weight is 295 g/mol. The van der Waals surface area contributed by atoms with Crippen LogP contribution in [0.25, 0.3) is 0 Å². The Morgan fingerprint density at radius 3 is 2.41 bits per heavy atom. The summed E-state index contributed by atoms with van der Waals surface area (Å²) in [5, 5.41) is 11.2. The fraction of sp³-hybridized carbons (Fsp3) is 0.176. The molecule has 3 rings (SSSR count). The molecule has 1 aliphatic rings. The highest BCUT2D eigenvalue weighted by Crippen LogP contribution is 2.27. The minimum Gasteiger partial charge on any atom is -0.478 e. The standard InChI is InChI=1S/C17H17N3O2/c1-12-8-6-7-11-14(12)20-15(13-9-4-3-5-10-13)18-17(2,19-20)16(21)22/h3-11,19H,1-2H3,(H,21,22). The molecule has 0 aromatic heterocycles. The van der Waals surface area contributed by atoms with E-state index < -0.39 is 11.6 Å². The Kier molecular flexibility index (Phi) is 3.42. The molecule has 2 N–H and O–H groups in total. The second-order valence-corrected chi connectivity index (χ2v) is 5.41. The van der Waals surface area contributed by atoms with Crippen LogP contribution in [0.15, 0.2) is 59.6 Å². The molecule has 0 aliphatic carbocycles. The smallest absolute Gasteiger partial charge is 0.348 e. The Morgan fingerprint density at radius 2 is 1.77 bits per heavy atom. The zero-order chi connectivity index (χ0) is 15.7. The van der Waals surface area contributed by atoms with Gasteiger partial charge < -0.3 is 5.11 Å². The zero-order valence-corrected chi connectivity index (χ0v) is 12.4. The van der Waals surface area contributed by atoms with Gasteiger partial charge in [0.1, 0.15) is 0 Å². The number of hydrogen-bond acceptors (Lipinski definition) is 4. The quantitative estimate of drug-likeness (QED) is 0.913. The van der Waals surface area contributed by atoms with E-state index in [0.29, 0.717) is 5.84 Å². The van der Waals surface area contributed by atoms with E-state index >= 15 is 0 Å². The summed E-state index contributed by atoms with van der Waals surface area (Å²) in [5.74, 6) is -0.420. The van der Waals surface area contributed by atoms with Gasteiger partial charge in [-0.2, -0.15) is 5.43 Å². The molecular weight excluding hydrogens is 278 g/mol. The summed E-state index contributed by atoms with van der Waals surface area (Å²) in [7, 11) is 0. The number of anilines is 1. The summed E-state index contributed by atoms with van der Waals surface area (Å²) in [6, 6.07) is 17.4. The van der Waals surface area contributed by atoms with Gasteiger partial charge in [-0.1, -0.05) is 48.5 Å². The highest BCUT2D eigenvalue weighted by atomic mass is 16.4. The summed E-state index contributed by atoms with van der Waals surface area (Å²) in [6.07, 6.45) is 0. The molecule has 2 aromatic carbocycles. The van der Waals surface area contributed by atoms with Crippen molar-refractivity contribution >= 4 is 17.5 Å². The monoisotopic (exact) mass is 295 g/mol. The Hall–Kier alpha value is -2.66. The summed E-state index contributed by atoms with van der Waals surface area (Å²) in [5.41, 5.74) is 4.40. The SMILES string of the molecule is Cc1ccccc1N1NC(C)(C(=O)O)N=C1c1ccccc1. The third-order valence-corrected chi connectivity index (χ3v) is 3.68. The predicted molar refractivity (Wildman–Crippen MR) is 85.8 cm³/mol. The molecule has 2 aromatic rings. The van der Waals surface area contributed by atoms with Crippen LogP contribution >= 0.6 is 0 Å². The van der Waals surface area contributed by atoms with E-state index in [4.69, 9.17) is 0 Å². The Morgan fingerprint density at radius 1 is 1.14 bits per heavy atom. The normalized spacial score (nSPS) is 20.8. The van der Waals surface area contributed by atoms with Crippen LogP contribution in [0.1, 0.15) is 18.1 Å². The van der Waals surface area contributed by atoms with Crippen LogP contribution in [0.4, 0.5) is 5.69 Å². The molecule has 5 heteroatoms. The summed E-state index contributed by atoms with van der Waals surface area (Å²) in [6.45, 7) is 3.53. The van der Waals surface area contributed by atoms with E-state index in [2.05, 4.69) is 10.4 Å². The van der Waals surface area contributed by atoms with Gasteiger partial charge >= 0.3 is 5.97 Å². The maximum atomic E-state index is 11.6. The van der Waals surface area contributed by atoms with Gasteiger partial charge in [0, 0.05) is 5.56 Å². The van der Waals surface area contributed by atoms with Crippen LogP contribution in [-0.2, 0) is 4.79 Å². The molecule has 0 saturated heterocycles. The summed E-state index contributed by atoms with van der Waals surface area (Å²) < 4.78 is 0. The van der Waals surface area contributed by atoms with Gasteiger partial charge in [-0.25, -0.2) is 9.79 Å². The van der Waals surface area contributed by atoms with Crippen molar-refractivity contribution in [3.63, 3.8) is 0 Å². The van der Waals surface area contributed by atoms with E-state index in [9.17, 15) is 9.90 Å². The molecule has 0 spiro atoms. The Labute approximate surface area is 128 Å². The zero-order valence-electron chi connectivity index (χ0n) is 12.4. The number of aliphatic carboxylic acids is 1. The number of para-hydroxylation sites is 1. The van der Waals surface area contributed by atoms with Gasteiger partial charge in [0.25, 0.3) is 0 Å². The lowest BCUT2D eigenvalue weighted by Crippen LogP contribution is -2.51. The fourth-order valence-corrected chi connectivity index (χ4v) is 2.42. The minimum absolute atomic E-state index is 0.597. The number of hydrazine groups is 1. The topological polar surface area (TPSA) is 64.9 Å². The second-order valence-electron chi connectivity index (χ2n) is 5.41. The van der Waals surface area contributed by atoms with E-state index in [0.717, 1.165) is 16.8 Å². The van der Waals surface area contributed by atoms with Crippen LogP contribution < -0.4 is 10.4 Å². The lowest BCUT2D eigenvalue weighted by molar-refractivity contribution is -0.143. The molecule has 112 valence electrons. The molecule has 0 fully saturated rings. The van der Waals surface area contributed by atoms with Gasteiger partial charge in [-0.3, -0.25) is 5.01 Å². The number of benzene rings is 2. The van der Waals surface area contributed by atoms with Crippen LogP contribution in [-0.4, -0.2) is 22.6 Å². The van der Waals surface area contributed by atoms with Crippen molar-refractivity contribution in [3.8, 4) is 0 Å². The number of carboxylic acid groups (broad SMARTS) is 1. The first-order valence-corrected chi connectivity index (χ1v) is 7.03. The fourth-order valence-electron chi connectivity index (χ4n) is 2.42. The van der Waals surface area contributed by atoms with Gasteiger partial charge in [0.2, 0.25) is 5.66 Å². The van der Waals surface area contributed by atoms with Gasteiger partial charge in [-0.05, 0) is 25.5 Å². The molecule has 0 saturated carbocycles. The third kappa shape index (κ3) is 2.35. The number of hydrogen-bond donors (Lipinski definition) is 2. The van der Waals surface area contributed by atoms with Crippen LogP contribution in [0.3, 0.4) is 0 Å². The number of aliphatic imine (C=N–C) groups is 1. The number of aryl methyl sites for hydroxylation is 1. The average Bonchev–Trinajstić information content (AvgIpc) is 2.88. The van der Waals surface area contributed by atoms with Crippen LogP contribution in [0, 0.1) is 6.92 Å². The molecule has 1 aliphatic heterocycles. The van der Waals surface area contributed by atoms with Crippen molar-refractivity contribution in [2.24, 2.45) is 4.99 Å². The molecule has 22 heavy (non-hydrogen) atoms. The first kappa shape index (κ1) is 14.3. The molecule has 0 bridgehead atoms. The molecule has 0 amide bonds. The van der Waals surface area contributed by atoms with Gasteiger partial charge in [0.05, 0.1) is 5.69 Å². The lowest BCUT2D eigenvalue weighted by Gasteiger charge is -2.25. The van der Waals surface area contributed by atoms with Crippen molar-refractivity contribution in [3.05, 3.63) is 65.7 Å². The van der Waals surface area contributed by atoms with Crippen molar-refractivity contribution in [1.29, 1.82) is 0 Å². The first-order valence-electron chi connectivity index (χ1n) is 7.03. The van der Waals surface area contributed by atoms with Crippen molar-refractivity contribution in [2.45, 2.75) is 19.5 Å². The number of carbonyl (C=O) groups is 1. The summed E-state index contributed by atoms with van der Waals surface area (Å²) in [4.78, 5) is 16.0. The highest BCUT2D eigenvalue weighted by molar-refractivity contribution is 6.12.